The van der Waals surface area contributed by atoms with Gasteiger partial charge in [-0.05, 0) is 31.7 Å². The fraction of sp³-hybridized carbons (Fsp3) is 0.333. The van der Waals surface area contributed by atoms with Crippen LogP contribution in [0.5, 0.6) is 0 Å². The Morgan fingerprint density at radius 3 is 2.85 bits per heavy atom. The fourth-order valence-corrected chi connectivity index (χ4v) is 2.65. The van der Waals surface area contributed by atoms with E-state index in [-0.39, 0.29) is 0 Å². The van der Waals surface area contributed by atoms with Gasteiger partial charge in [-0.3, -0.25) is 4.68 Å². The Balaban J connectivity index is 2.28. The van der Waals surface area contributed by atoms with Crippen molar-refractivity contribution in [2.24, 2.45) is 0 Å². The zero-order valence-electron chi connectivity index (χ0n) is 11.9. The third-order valence-electron chi connectivity index (χ3n) is 2.85. The van der Waals surface area contributed by atoms with E-state index >= 15 is 0 Å². The summed E-state index contributed by atoms with van der Waals surface area (Å²) in [7, 11) is 0. The zero-order valence-corrected chi connectivity index (χ0v) is 12.7. The van der Waals surface area contributed by atoms with E-state index in [4.69, 9.17) is 0 Å². The molecule has 2 aromatic rings. The van der Waals surface area contributed by atoms with E-state index in [1.54, 1.807) is 18.0 Å². The van der Waals surface area contributed by atoms with E-state index in [2.05, 4.69) is 37.3 Å². The molecule has 20 heavy (non-hydrogen) atoms. The molecule has 1 aromatic heterocycles. The molecule has 1 N–H and O–H groups in total. The summed E-state index contributed by atoms with van der Waals surface area (Å²) in [6.45, 7) is 6.24. The molecule has 0 atom stereocenters. The molecule has 0 amide bonds. The standard InChI is InChI=1S/C15H18N4S/c1-4-20-15-7-5-6-14(13(15)8-16)18-12-9-17-19(10-12)11(2)3/h5-7,9-11,18H,4H2,1-3H3. The van der Waals surface area contributed by atoms with Gasteiger partial charge in [-0.15, -0.1) is 11.8 Å². The van der Waals surface area contributed by atoms with Crippen LogP contribution in [0.4, 0.5) is 11.4 Å². The highest BCUT2D eigenvalue weighted by Crippen LogP contribution is 2.29. The van der Waals surface area contributed by atoms with Crippen molar-refractivity contribution in [3.63, 3.8) is 0 Å². The largest absolute Gasteiger partial charge is 0.352 e. The lowest BCUT2D eigenvalue weighted by atomic mass is 10.2. The summed E-state index contributed by atoms with van der Waals surface area (Å²) in [6, 6.07) is 8.48. The van der Waals surface area contributed by atoms with Gasteiger partial charge in [0.1, 0.15) is 6.07 Å². The molecular formula is C15H18N4S. The van der Waals surface area contributed by atoms with E-state index in [9.17, 15) is 5.26 Å². The molecule has 0 bridgehead atoms. The predicted octanol–water partition coefficient (Wildman–Crippen LogP) is 4.19. The van der Waals surface area contributed by atoms with E-state index in [1.165, 1.54) is 0 Å². The highest BCUT2D eigenvalue weighted by atomic mass is 32.2. The highest BCUT2D eigenvalue weighted by molar-refractivity contribution is 7.99. The SMILES string of the molecule is CCSc1cccc(Nc2cnn(C(C)C)c2)c1C#N. The Morgan fingerprint density at radius 2 is 2.25 bits per heavy atom. The number of hydrogen-bond donors (Lipinski definition) is 1. The van der Waals surface area contributed by atoms with Crippen molar-refractivity contribution < 1.29 is 0 Å². The number of aromatic nitrogens is 2. The maximum Gasteiger partial charge on any atom is 0.103 e. The van der Waals surface area contributed by atoms with E-state index < -0.39 is 0 Å². The first-order valence-electron chi connectivity index (χ1n) is 6.62. The van der Waals surface area contributed by atoms with Crippen molar-refractivity contribution in [1.82, 2.24) is 9.78 Å². The van der Waals surface area contributed by atoms with Gasteiger partial charge in [0, 0.05) is 17.1 Å². The Hall–Kier alpha value is -1.93. The second kappa shape index (κ2) is 6.49. The lowest BCUT2D eigenvalue weighted by molar-refractivity contribution is 0.532. The molecule has 1 aromatic carbocycles. The molecule has 0 unspecified atom stereocenters. The van der Waals surface area contributed by atoms with Gasteiger partial charge in [0.15, 0.2) is 0 Å². The van der Waals surface area contributed by atoms with E-state index in [1.807, 2.05) is 29.1 Å². The van der Waals surface area contributed by atoms with Gasteiger partial charge >= 0.3 is 0 Å². The number of thioether (sulfide) groups is 1. The van der Waals surface area contributed by atoms with Gasteiger partial charge in [0.25, 0.3) is 0 Å². The highest BCUT2D eigenvalue weighted by Gasteiger charge is 2.09. The van der Waals surface area contributed by atoms with E-state index in [0.29, 0.717) is 11.6 Å². The Bertz CT molecular complexity index is 625. The lowest BCUT2D eigenvalue weighted by Gasteiger charge is -2.09. The average molecular weight is 286 g/mol. The summed E-state index contributed by atoms with van der Waals surface area (Å²) in [5.74, 6) is 0.948. The van der Waals surface area contributed by atoms with Crippen LogP contribution in [-0.2, 0) is 0 Å². The maximum absolute atomic E-state index is 9.37. The van der Waals surface area contributed by atoms with Crippen molar-refractivity contribution in [3.8, 4) is 6.07 Å². The van der Waals surface area contributed by atoms with Gasteiger partial charge in [-0.1, -0.05) is 13.0 Å². The van der Waals surface area contributed by atoms with Crippen LogP contribution in [0.15, 0.2) is 35.5 Å². The minimum Gasteiger partial charge on any atom is -0.352 e. The molecule has 0 spiro atoms. The van der Waals surface area contributed by atoms with Gasteiger partial charge < -0.3 is 5.32 Å². The topological polar surface area (TPSA) is 53.6 Å². The number of nitrogens with zero attached hydrogens (tertiary/aromatic N) is 3. The van der Waals surface area contributed by atoms with Crippen LogP contribution in [0.3, 0.4) is 0 Å². The second-order valence-electron chi connectivity index (χ2n) is 4.65. The van der Waals surface area contributed by atoms with Crippen molar-refractivity contribution in [2.75, 3.05) is 11.1 Å². The summed E-state index contributed by atoms with van der Waals surface area (Å²) in [4.78, 5) is 1.01. The van der Waals surface area contributed by atoms with Gasteiger partial charge in [0.2, 0.25) is 0 Å². The molecule has 2 rings (SSSR count). The maximum atomic E-state index is 9.37. The van der Waals surface area contributed by atoms with Crippen LogP contribution in [0.1, 0.15) is 32.4 Å². The third kappa shape index (κ3) is 3.14. The summed E-state index contributed by atoms with van der Waals surface area (Å²) < 4.78 is 1.89. The van der Waals surface area contributed by atoms with Crippen LogP contribution in [-0.4, -0.2) is 15.5 Å². The third-order valence-corrected chi connectivity index (χ3v) is 3.79. The van der Waals surface area contributed by atoms with Crippen LogP contribution < -0.4 is 5.32 Å². The summed E-state index contributed by atoms with van der Waals surface area (Å²) in [5, 5.41) is 16.9. The predicted molar refractivity (Wildman–Crippen MR) is 83.4 cm³/mol. The first kappa shape index (κ1) is 14.5. The normalized spacial score (nSPS) is 10.6. The molecule has 0 aliphatic carbocycles. The lowest BCUT2D eigenvalue weighted by Crippen LogP contribution is -2.00. The number of rotatable bonds is 5. The van der Waals surface area contributed by atoms with Crippen LogP contribution in [0.2, 0.25) is 0 Å². The first-order chi connectivity index (χ1) is 9.65. The Kier molecular flexibility index (Phi) is 4.70. The van der Waals surface area contributed by atoms with Gasteiger partial charge in [-0.25, -0.2) is 0 Å². The summed E-state index contributed by atoms with van der Waals surface area (Å²) in [6.07, 6.45) is 3.73. The number of anilines is 2. The summed E-state index contributed by atoms with van der Waals surface area (Å²) in [5.41, 5.74) is 2.42. The molecule has 1 heterocycles. The smallest absolute Gasteiger partial charge is 0.103 e. The van der Waals surface area contributed by atoms with Crippen LogP contribution in [0.25, 0.3) is 0 Å². The Labute approximate surface area is 123 Å². The molecule has 0 fully saturated rings. The Morgan fingerprint density at radius 1 is 1.45 bits per heavy atom. The number of nitriles is 1. The summed E-state index contributed by atoms with van der Waals surface area (Å²) >= 11 is 1.68. The van der Waals surface area contributed by atoms with Gasteiger partial charge in [-0.2, -0.15) is 10.4 Å². The molecular weight excluding hydrogens is 268 g/mol. The van der Waals surface area contributed by atoms with Crippen molar-refractivity contribution >= 4 is 23.1 Å². The van der Waals surface area contributed by atoms with Crippen molar-refractivity contribution in [2.45, 2.75) is 31.7 Å². The second-order valence-corrected chi connectivity index (χ2v) is 5.96. The minimum atomic E-state index is 0.322. The molecule has 0 saturated heterocycles. The number of benzene rings is 1. The fourth-order valence-electron chi connectivity index (χ4n) is 1.87. The number of nitrogens with one attached hydrogen (secondary N) is 1. The monoisotopic (exact) mass is 286 g/mol. The molecule has 5 heteroatoms. The van der Waals surface area contributed by atoms with Crippen LogP contribution in [0, 0.1) is 11.3 Å². The molecule has 0 radical (unpaired) electrons. The zero-order chi connectivity index (χ0) is 14.5. The molecule has 0 aliphatic rings. The van der Waals surface area contributed by atoms with Gasteiger partial charge in [0.05, 0.1) is 23.1 Å². The molecule has 0 saturated carbocycles. The average Bonchev–Trinajstić information content (AvgIpc) is 2.88. The quantitative estimate of drug-likeness (QED) is 0.837. The van der Waals surface area contributed by atoms with Crippen molar-refractivity contribution in [1.29, 1.82) is 5.26 Å². The first-order valence-corrected chi connectivity index (χ1v) is 7.61. The molecule has 0 aliphatic heterocycles. The van der Waals surface area contributed by atoms with Crippen LogP contribution >= 0.6 is 11.8 Å². The van der Waals surface area contributed by atoms with E-state index in [0.717, 1.165) is 22.0 Å². The van der Waals surface area contributed by atoms with Crippen molar-refractivity contribution in [3.05, 3.63) is 36.2 Å². The molecule has 104 valence electrons. The minimum absolute atomic E-state index is 0.322. The molecule has 4 nitrogen and oxygen atoms in total. The number of hydrogen-bond acceptors (Lipinski definition) is 4.